The van der Waals surface area contributed by atoms with Crippen LogP contribution in [-0.2, 0) is 0 Å². The predicted molar refractivity (Wildman–Crippen MR) is 81.0 cm³/mol. The highest BCUT2D eigenvalue weighted by Gasteiger charge is 2.08. The van der Waals surface area contributed by atoms with Gasteiger partial charge in [-0.25, -0.2) is 4.98 Å². The van der Waals surface area contributed by atoms with Crippen molar-refractivity contribution in [1.29, 1.82) is 0 Å². The third-order valence-corrected chi connectivity index (χ3v) is 3.85. The molecule has 1 unspecified atom stereocenters. The molecule has 0 aliphatic heterocycles. The van der Waals surface area contributed by atoms with Gasteiger partial charge in [0.15, 0.2) is 11.4 Å². The van der Waals surface area contributed by atoms with Crippen molar-refractivity contribution in [3.05, 3.63) is 54.4 Å². The van der Waals surface area contributed by atoms with Crippen molar-refractivity contribution in [2.45, 2.75) is 26.2 Å². The Balaban J connectivity index is 2.00. The quantitative estimate of drug-likeness (QED) is 0.770. The fourth-order valence-corrected chi connectivity index (χ4v) is 2.36. The van der Waals surface area contributed by atoms with E-state index in [2.05, 4.69) is 43.1 Å². The first kappa shape index (κ1) is 12.7. The summed E-state index contributed by atoms with van der Waals surface area (Å²) in [5.41, 5.74) is 3.89. The maximum absolute atomic E-state index is 9.80. The molecule has 2 aromatic heterocycles. The summed E-state index contributed by atoms with van der Waals surface area (Å²) in [7, 11) is 0. The molecule has 3 nitrogen and oxygen atoms in total. The van der Waals surface area contributed by atoms with E-state index in [-0.39, 0.29) is 5.75 Å². The Bertz CT molecular complexity index is 728. The van der Waals surface area contributed by atoms with E-state index < -0.39 is 0 Å². The van der Waals surface area contributed by atoms with Crippen LogP contribution in [0.15, 0.2) is 48.8 Å². The Morgan fingerprint density at radius 2 is 1.95 bits per heavy atom. The second kappa shape index (κ2) is 5.00. The van der Waals surface area contributed by atoms with Crippen LogP contribution in [-0.4, -0.2) is 14.5 Å². The molecule has 0 amide bonds. The lowest BCUT2D eigenvalue weighted by molar-refractivity contribution is 0.477. The van der Waals surface area contributed by atoms with E-state index in [1.807, 2.05) is 16.8 Å². The van der Waals surface area contributed by atoms with Gasteiger partial charge in [-0.1, -0.05) is 38.1 Å². The maximum Gasteiger partial charge on any atom is 0.180 e. The molecule has 0 aliphatic carbocycles. The third kappa shape index (κ3) is 2.16. The number of imidazole rings is 1. The lowest BCUT2D eigenvalue weighted by Gasteiger charge is -2.08. The van der Waals surface area contributed by atoms with E-state index in [1.165, 1.54) is 5.56 Å². The number of benzene rings is 1. The minimum Gasteiger partial charge on any atom is -0.504 e. The fourth-order valence-electron chi connectivity index (χ4n) is 2.36. The van der Waals surface area contributed by atoms with Gasteiger partial charge in [0.2, 0.25) is 0 Å². The first-order chi connectivity index (χ1) is 9.69. The second-order valence-corrected chi connectivity index (χ2v) is 5.18. The van der Waals surface area contributed by atoms with Gasteiger partial charge in [-0.15, -0.1) is 0 Å². The van der Waals surface area contributed by atoms with Crippen LogP contribution in [0.3, 0.4) is 0 Å². The number of aromatic hydroxyl groups is 1. The number of nitrogens with zero attached hydrogens (tertiary/aromatic N) is 2. The molecule has 0 fully saturated rings. The smallest absolute Gasteiger partial charge is 0.180 e. The third-order valence-electron chi connectivity index (χ3n) is 3.85. The maximum atomic E-state index is 9.80. The molecule has 3 heteroatoms. The standard InChI is InChI=1S/C17H18N2O/c1-3-12(2)13-6-8-14(9-7-13)15-11-19-10-4-5-16(20)17(19)18-15/h4-12,20H,3H2,1-2H3. The Hall–Kier alpha value is -2.29. The Morgan fingerprint density at radius 1 is 1.20 bits per heavy atom. The van der Waals surface area contributed by atoms with Gasteiger partial charge < -0.3 is 9.51 Å². The second-order valence-electron chi connectivity index (χ2n) is 5.18. The molecule has 0 saturated carbocycles. The summed E-state index contributed by atoms with van der Waals surface area (Å²) in [5, 5.41) is 9.80. The molecule has 102 valence electrons. The van der Waals surface area contributed by atoms with Crippen LogP contribution in [0.2, 0.25) is 0 Å². The van der Waals surface area contributed by atoms with Crippen molar-refractivity contribution in [1.82, 2.24) is 9.38 Å². The van der Waals surface area contributed by atoms with Gasteiger partial charge >= 0.3 is 0 Å². The van der Waals surface area contributed by atoms with Crippen LogP contribution in [0.5, 0.6) is 5.75 Å². The summed E-state index contributed by atoms with van der Waals surface area (Å²) in [6.07, 6.45) is 4.97. The topological polar surface area (TPSA) is 37.5 Å². The normalized spacial score (nSPS) is 12.7. The summed E-state index contributed by atoms with van der Waals surface area (Å²) in [6, 6.07) is 12.0. The molecule has 0 radical (unpaired) electrons. The van der Waals surface area contributed by atoms with E-state index in [0.717, 1.165) is 17.7 Å². The van der Waals surface area contributed by atoms with Gasteiger partial charge in [-0.05, 0) is 30.0 Å². The average molecular weight is 266 g/mol. The highest BCUT2D eigenvalue weighted by molar-refractivity contribution is 5.65. The molecule has 2 heterocycles. The van der Waals surface area contributed by atoms with E-state index in [9.17, 15) is 5.11 Å². The Kier molecular flexibility index (Phi) is 3.18. The molecule has 3 rings (SSSR count). The first-order valence-corrected chi connectivity index (χ1v) is 6.96. The summed E-state index contributed by atoms with van der Waals surface area (Å²) in [4.78, 5) is 4.49. The Labute approximate surface area is 118 Å². The van der Waals surface area contributed by atoms with Crippen molar-refractivity contribution in [2.75, 3.05) is 0 Å². The number of fused-ring (bicyclic) bond motifs is 1. The zero-order valence-electron chi connectivity index (χ0n) is 11.7. The highest BCUT2D eigenvalue weighted by Crippen LogP contribution is 2.26. The number of aromatic nitrogens is 2. The molecule has 1 atom stereocenters. The van der Waals surface area contributed by atoms with Crippen molar-refractivity contribution in [3.63, 3.8) is 0 Å². The van der Waals surface area contributed by atoms with E-state index in [0.29, 0.717) is 11.6 Å². The Morgan fingerprint density at radius 3 is 2.60 bits per heavy atom. The molecule has 0 aliphatic rings. The van der Waals surface area contributed by atoms with Crippen LogP contribution in [0.1, 0.15) is 31.7 Å². The SMILES string of the molecule is CCC(C)c1ccc(-c2cn3cccc(O)c3n2)cc1. The number of rotatable bonds is 3. The molecule has 20 heavy (non-hydrogen) atoms. The molecular weight excluding hydrogens is 248 g/mol. The van der Waals surface area contributed by atoms with Crippen molar-refractivity contribution in [2.24, 2.45) is 0 Å². The molecule has 3 aromatic rings. The van der Waals surface area contributed by atoms with Gasteiger partial charge in [0.25, 0.3) is 0 Å². The zero-order chi connectivity index (χ0) is 14.1. The largest absolute Gasteiger partial charge is 0.504 e. The predicted octanol–water partition coefficient (Wildman–Crippen LogP) is 4.22. The summed E-state index contributed by atoms with van der Waals surface area (Å²) in [5.74, 6) is 0.782. The van der Waals surface area contributed by atoms with Crippen LogP contribution < -0.4 is 0 Å². The van der Waals surface area contributed by atoms with Crippen LogP contribution in [0.25, 0.3) is 16.9 Å². The number of hydrogen-bond acceptors (Lipinski definition) is 2. The molecule has 1 N–H and O–H groups in total. The highest BCUT2D eigenvalue weighted by atomic mass is 16.3. The monoisotopic (exact) mass is 266 g/mol. The molecular formula is C17H18N2O. The molecule has 0 spiro atoms. The van der Waals surface area contributed by atoms with Crippen molar-refractivity contribution >= 4 is 5.65 Å². The van der Waals surface area contributed by atoms with E-state index in [4.69, 9.17) is 0 Å². The summed E-state index contributed by atoms with van der Waals surface area (Å²) >= 11 is 0. The lowest BCUT2D eigenvalue weighted by atomic mass is 9.97. The van der Waals surface area contributed by atoms with Gasteiger partial charge in [-0.3, -0.25) is 0 Å². The van der Waals surface area contributed by atoms with Crippen LogP contribution >= 0.6 is 0 Å². The fraction of sp³-hybridized carbons (Fsp3) is 0.235. The van der Waals surface area contributed by atoms with Gasteiger partial charge in [-0.2, -0.15) is 0 Å². The van der Waals surface area contributed by atoms with E-state index >= 15 is 0 Å². The summed E-state index contributed by atoms with van der Waals surface area (Å²) < 4.78 is 1.84. The molecule has 1 aromatic carbocycles. The summed E-state index contributed by atoms with van der Waals surface area (Å²) in [6.45, 7) is 4.43. The van der Waals surface area contributed by atoms with Gasteiger partial charge in [0, 0.05) is 18.0 Å². The lowest BCUT2D eigenvalue weighted by Crippen LogP contribution is -1.90. The van der Waals surface area contributed by atoms with Crippen molar-refractivity contribution in [3.8, 4) is 17.0 Å². The minimum atomic E-state index is 0.204. The molecule has 0 bridgehead atoms. The van der Waals surface area contributed by atoms with Gasteiger partial charge in [0.05, 0.1) is 5.69 Å². The van der Waals surface area contributed by atoms with Crippen molar-refractivity contribution < 1.29 is 5.11 Å². The van der Waals surface area contributed by atoms with Crippen LogP contribution in [0, 0.1) is 0 Å². The van der Waals surface area contributed by atoms with E-state index in [1.54, 1.807) is 12.1 Å². The minimum absolute atomic E-state index is 0.204. The zero-order valence-corrected chi connectivity index (χ0v) is 11.7. The number of pyridine rings is 1. The molecule has 0 saturated heterocycles. The van der Waals surface area contributed by atoms with Crippen LogP contribution in [0.4, 0.5) is 0 Å². The number of hydrogen-bond donors (Lipinski definition) is 1. The van der Waals surface area contributed by atoms with Gasteiger partial charge in [0.1, 0.15) is 0 Å². The first-order valence-electron chi connectivity index (χ1n) is 6.96. The average Bonchev–Trinajstić information content (AvgIpc) is 2.92.